The predicted molar refractivity (Wildman–Crippen MR) is 64.3 cm³/mol. The number of hydrogen-bond acceptors (Lipinski definition) is 4. The smallest absolute Gasteiger partial charge is 0.211 e. The van der Waals surface area contributed by atoms with Crippen LogP contribution in [0.15, 0.2) is 12.1 Å². The van der Waals surface area contributed by atoms with Gasteiger partial charge in [-0.1, -0.05) is 6.92 Å². The molecule has 1 aromatic heterocycles. The highest BCUT2D eigenvalue weighted by Gasteiger charge is 2.22. The van der Waals surface area contributed by atoms with E-state index in [1.54, 1.807) is 12.1 Å². The number of rotatable bonds is 1. The second-order valence-electron chi connectivity index (χ2n) is 3.83. The number of nitrogens with one attached hydrogen (secondary N) is 1. The van der Waals surface area contributed by atoms with Gasteiger partial charge in [-0.2, -0.15) is 0 Å². The van der Waals surface area contributed by atoms with Crippen molar-refractivity contribution in [2.24, 2.45) is 0 Å². The first-order chi connectivity index (χ1) is 7.20. The second kappa shape index (κ2) is 5.37. The van der Waals surface area contributed by atoms with Crippen LogP contribution in [0.4, 0.5) is 0 Å². The summed E-state index contributed by atoms with van der Waals surface area (Å²) in [6.07, 6.45) is 1.14. The zero-order valence-corrected chi connectivity index (χ0v) is 10.3. The van der Waals surface area contributed by atoms with Gasteiger partial charge >= 0.3 is 0 Å². The highest BCUT2D eigenvalue weighted by Crippen LogP contribution is 2.28. The van der Waals surface area contributed by atoms with E-state index in [-0.39, 0.29) is 30.4 Å². The van der Waals surface area contributed by atoms with Crippen molar-refractivity contribution in [2.75, 3.05) is 6.54 Å². The molecule has 1 aliphatic heterocycles. The first kappa shape index (κ1) is 13.1. The van der Waals surface area contributed by atoms with Gasteiger partial charge in [0.15, 0.2) is 0 Å². The first-order valence-electron chi connectivity index (χ1n) is 5.30. The second-order valence-corrected chi connectivity index (χ2v) is 3.83. The van der Waals surface area contributed by atoms with Crippen molar-refractivity contribution in [1.29, 1.82) is 0 Å². The van der Waals surface area contributed by atoms with Gasteiger partial charge in [0.05, 0.1) is 6.04 Å². The molecular weight excluding hydrogens is 228 g/mol. The number of halogens is 1. The van der Waals surface area contributed by atoms with Gasteiger partial charge in [0, 0.05) is 12.6 Å². The maximum absolute atomic E-state index is 9.33. The van der Waals surface area contributed by atoms with Crippen LogP contribution in [0.1, 0.15) is 32.0 Å². The van der Waals surface area contributed by atoms with Crippen LogP contribution < -0.4 is 10.1 Å². The summed E-state index contributed by atoms with van der Waals surface area (Å²) in [4.78, 5) is 4.09. The lowest BCUT2D eigenvalue weighted by Crippen LogP contribution is -2.29. The summed E-state index contributed by atoms with van der Waals surface area (Å²) in [5.41, 5.74) is 0.783. The van der Waals surface area contributed by atoms with Gasteiger partial charge in [-0.25, -0.2) is 4.98 Å². The zero-order valence-electron chi connectivity index (χ0n) is 9.43. The van der Waals surface area contributed by atoms with E-state index in [1.165, 1.54) is 0 Å². The molecule has 5 heteroatoms. The van der Waals surface area contributed by atoms with Gasteiger partial charge in [0.2, 0.25) is 5.88 Å². The summed E-state index contributed by atoms with van der Waals surface area (Å²) in [6.45, 7) is 4.93. The third kappa shape index (κ3) is 2.57. The molecule has 0 amide bonds. The quantitative estimate of drug-likeness (QED) is 0.794. The normalized spacial score (nSPS) is 23.6. The number of aromatic hydroxyl groups is 1. The minimum atomic E-state index is 0. The average Bonchev–Trinajstić information content (AvgIpc) is 2.39. The van der Waals surface area contributed by atoms with Gasteiger partial charge in [-0.05, 0) is 19.4 Å². The van der Waals surface area contributed by atoms with Crippen molar-refractivity contribution in [3.63, 3.8) is 0 Å². The lowest BCUT2D eigenvalue weighted by atomic mass is 10.2. The highest BCUT2D eigenvalue weighted by atomic mass is 35.5. The molecule has 0 saturated carbocycles. The number of fused-ring (bicyclic) bond motifs is 1. The number of hydrogen-bond donors (Lipinski definition) is 2. The van der Waals surface area contributed by atoms with E-state index in [0.717, 1.165) is 24.4 Å². The van der Waals surface area contributed by atoms with Crippen LogP contribution in [-0.4, -0.2) is 22.7 Å². The number of pyridine rings is 1. The van der Waals surface area contributed by atoms with Gasteiger partial charge < -0.3 is 15.2 Å². The molecule has 0 aromatic carbocycles. The van der Waals surface area contributed by atoms with Crippen LogP contribution in [0.5, 0.6) is 11.6 Å². The molecule has 0 fully saturated rings. The van der Waals surface area contributed by atoms with Gasteiger partial charge in [0.25, 0.3) is 0 Å². The molecule has 2 N–H and O–H groups in total. The molecule has 2 heterocycles. The fraction of sp³-hybridized carbons (Fsp3) is 0.545. The van der Waals surface area contributed by atoms with Crippen LogP contribution in [0.25, 0.3) is 0 Å². The Labute approximate surface area is 101 Å². The van der Waals surface area contributed by atoms with E-state index in [9.17, 15) is 5.11 Å². The van der Waals surface area contributed by atoms with Crippen molar-refractivity contribution in [3.8, 4) is 11.6 Å². The summed E-state index contributed by atoms with van der Waals surface area (Å²) < 4.78 is 5.80. The Morgan fingerprint density at radius 3 is 3.00 bits per heavy atom. The van der Waals surface area contributed by atoms with E-state index >= 15 is 0 Å². The summed E-state index contributed by atoms with van der Waals surface area (Å²) >= 11 is 0. The van der Waals surface area contributed by atoms with E-state index in [2.05, 4.69) is 17.2 Å². The molecule has 1 aliphatic rings. The minimum absolute atomic E-state index is 0. The summed E-state index contributed by atoms with van der Waals surface area (Å²) in [7, 11) is 0. The van der Waals surface area contributed by atoms with Crippen molar-refractivity contribution in [1.82, 2.24) is 10.3 Å². The van der Waals surface area contributed by atoms with E-state index in [0.29, 0.717) is 0 Å². The number of nitrogens with zero attached hydrogens (tertiary/aromatic N) is 1. The Morgan fingerprint density at radius 1 is 1.56 bits per heavy atom. The predicted octanol–water partition coefficient (Wildman–Crippen LogP) is 2.03. The summed E-state index contributed by atoms with van der Waals surface area (Å²) in [5.74, 6) is 0.818. The lowest BCUT2D eigenvalue weighted by Gasteiger charge is -2.14. The SMILES string of the molecule is CC[C@@H]1CNC(C)c2nc(O)ccc2O1.Cl. The highest BCUT2D eigenvalue weighted by molar-refractivity contribution is 5.85. The Kier molecular flexibility index (Phi) is 4.38. The van der Waals surface area contributed by atoms with Gasteiger partial charge in [-0.15, -0.1) is 12.4 Å². The van der Waals surface area contributed by atoms with Gasteiger partial charge in [0.1, 0.15) is 17.5 Å². The molecule has 0 saturated heterocycles. The van der Waals surface area contributed by atoms with Crippen molar-refractivity contribution in [3.05, 3.63) is 17.8 Å². The molecule has 2 atom stereocenters. The fourth-order valence-electron chi connectivity index (χ4n) is 1.72. The zero-order chi connectivity index (χ0) is 10.8. The largest absolute Gasteiger partial charge is 0.493 e. The standard InChI is InChI=1S/C11H16N2O2.ClH/c1-3-8-6-12-7(2)11-9(15-8)4-5-10(14)13-11;/h4-5,7-8,12H,3,6H2,1-2H3,(H,13,14);1H/t7?,8-;/m1./s1. The number of ether oxygens (including phenoxy) is 1. The van der Waals surface area contributed by atoms with Gasteiger partial charge in [-0.3, -0.25) is 0 Å². The molecular formula is C11H17ClN2O2. The lowest BCUT2D eigenvalue weighted by molar-refractivity contribution is 0.200. The first-order valence-corrected chi connectivity index (χ1v) is 5.30. The number of aromatic nitrogens is 1. The summed E-state index contributed by atoms with van der Waals surface area (Å²) in [5, 5.41) is 12.7. The maximum atomic E-state index is 9.33. The Morgan fingerprint density at radius 2 is 2.31 bits per heavy atom. The molecule has 0 radical (unpaired) electrons. The van der Waals surface area contributed by atoms with Crippen LogP contribution in [0.3, 0.4) is 0 Å². The fourth-order valence-corrected chi connectivity index (χ4v) is 1.72. The molecule has 0 aliphatic carbocycles. The van der Waals surface area contributed by atoms with Crippen molar-refractivity contribution in [2.45, 2.75) is 32.4 Å². The molecule has 16 heavy (non-hydrogen) atoms. The van der Waals surface area contributed by atoms with Crippen molar-refractivity contribution < 1.29 is 9.84 Å². The van der Waals surface area contributed by atoms with Crippen LogP contribution in [0.2, 0.25) is 0 Å². The van der Waals surface area contributed by atoms with Crippen LogP contribution in [0, 0.1) is 0 Å². The van der Waals surface area contributed by atoms with E-state index in [4.69, 9.17) is 4.74 Å². The molecule has 2 rings (SSSR count). The molecule has 90 valence electrons. The van der Waals surface area contributed by atoms with E-state index < -0.39 is 0 Å². The molecule has 4 nitrogen and oxygen atoms in total. The molecule has 1 aromatic rings. The summed E-state index contributed by atoms with van der Waals surface area (Å²) in [6, 6.07) is 3.46. The maximum Gasteiger partial charge on any atom is 0.211 e. The van der Waals surface area contributed by atoms with E-state index in [1.807, 2.05) is 6.92 Å². The van der Waals surface area contributed by atoms with Crippen molar-refractivity contribution >= 4 is 12.4 Å². The Bertz CT molecular complexity index is 360. The van der Waals surface area contributed by atoms with Crippen LogP contribution >= 0.6 is 12.4 Å². The topological polar surface area (TPSA) is 54.4 Å². The monoisotopic (exact) mass is 244 g/mol. The third-order valence-corrected chi connectivity index (χ3v) is 2.68. The molecule has 1 unspecified atom stereocenters. The Hall–Kier alpha value is -1.000. The molecule has 0 bridgehead atoms. The van der Waals surface area contributed by atoms with Crippen LogP contribution in [-0.2, 0) is 0 Å². The Balaban J connectivity index is 0.00000128. The molecule has 0 spiro atoms. The minimum Gasteiger partial charge on any atom is -0.493 e. The third-order valence-electron chi connectivity index (χ3n) is 2.68. The average molecular weight is 245 g/mol.